The number of furan rings is 1. The third kappa shape index (κ3) is 5.19. The van der Waals surface area contributed by atoms with Gasteiger partial charge in [0.1, 0.15) is 17.6 Å². The lowest BCUT2D eigenvalue weighted by molar-refractivity contribution is -0.123. The fraction of sp³-hybridized carbons (Fsp3) is 0.278. The predicted octanol–water partition coefficient (Wildman–Crippen LogP) is 3.15. The van der Waals surface area contributed by atoms with Crippen molar-refractivity contribution in [2.24, 2.45) is 11.0 Å². The van der Waals surface area contributed by atoms with Crippen LogP contribution in [-0.2, 0) is 4.79 Å². The molecule has 2 aromatic rings. The molecule has 1 aromatic carbocycles. The second-order valence-electron chi connectivity index (χ2n) is 5.86. The largest absolute Gasteiger partial charge is 0.460 e. The fourth-order valence-electron chi connectivity index (χ4n) is 2.15. The van der Waals surface area contributed by atoms with Crippen LogP contribution in [0.2, 0.25) is 5.02 Å². The van der Waals surface area contributed by atoms with E-state index < -0.39 is 17.9 Å². The molecule has 1 atom stereocenters. The molecule has 0 aliphatic carbocycles. The maximum atomic E-state index is 12.4. The molecule has 0 saturated heterocycles. The van der Waals surface area contributed by atoms with E-state index in [4.69, 9.17) is 16.0 Å². The molecule has 0 radical (unpaired) electrons. The summed E-state index contributed by atoms with van der Waals surface area (Å²) in [6, 6.07) is 9.45. The Morgan fingerprint density at radius 2 is 1.92 bits per heavy atom. The Kier molecular flexibility index (Phi) is 6.36. The zero-order valence-corrected chi connectivity index (χ0v) is 15.0. The van der Waals surface area contributed by atoms with Gasteiger partial charge in [0.25, 0.3) is 11.8 Å². The molecule has 25 heavy (non-hydrogen) atoms. The molecular formula is C18H20ClN3O3. The van der Waals surface area contributed by atoms with Crippen LogP contribution in [0.25, 0.3) is 0 Å². The van der Waals surface area contributed by atoms with Crippen LogP contribution in [0.4, 0.5) is 0 Å². The summed E-state index contributed by atoms with van der Waals surface area (Å²) in [6.45, 7) is 5.47. The number of amides is 2. The van der Waals surface area contributed by atoms with E-state index in [9.17, 15) is 9.59 Å². The Bertz CT molecular complexity index is 783. The van der Waals surface area contributed by atoms with Crippen molar-refractivity contribution in [2.75, 3.05) is 0 Å². The van der Waals surface area contributed by atoms with Gasteiger partial charge in [-0.2, -0.15) is 5.10 Å². The Morgan fingerprint density at radius 3 is 2.52 bits per heavy atom. The van der Waals surface area contributed by atoms with E-state index >= 15 is 0 Å². The summed E-state index contributed by atoms with van der Waals surface area (Å²) < 4.78 is 5.32. The standard InChI is InChI=1S/C18H20ClN3O3/c1-11(2)16(21-17(23)14-6-4-5-7-15(14)19)18(24)22-20-10-13-9-8-12(3)25-13/h4-11,16H,1-3H3,(H,21,23)(H,22,24). The molecule has 0 aliphatic heterocycles. The number of halogens is 1. The Labute approximate surface area is 151 Å². The molecule has 0 bridgehead atoms. The summed E-state index contributed by atoms with van der Waals surface area (Å²) in [5, 5.41) is 6.88. The van der Waals surface area contributed by atoms with Crippen molar-refractivity contribution in [3.63, 3.8) is 0 Å². The zero-order valence-electron chi connectivity index (χ0n) is 14.2. The number of hydrogen-bond donors (Lipinski definition) is 2. The van der Waals surface area contributed by atoms with Gasteiger partial charge in [-0.25, -0.2) is 5.43 Å². The van der Waals surface area contributed by atoms with Gasteiger partial charge in [0, 0.05) is 0 Å². The van der Waals surface area contributed by atoms with Gasteiger partial charge in [0.15, 0.2) is 0 Å². The minimum Gasteiger partial charge on any atom is -0.460 e. The maximum Gasteiger partial charge on any atom is 0.262 e. The van der Waals surface area contributed by atoms with E-state index in [1.807, 2.05) is 20.8 Å². The average Bonchev–Trinajstić information content (AvgIpc) is 2.97. The summed E-state index contributed by atoms with van der Waals surface area (Å²) in [7, 11) is 0. The number of hydrogen-bond acceptors (Lipinski definition) is 4. The van der Waals surface area contributed by atoms with Gasteiger partial charge in [-0.1, -0.05) is 37.6 Å². The lowest BCUT2D eigenvalue weighted by atomic mass is 10.0. The van der Waals surface area contributed by atoms with Crippen molar-refractivity contribution < 1.29 is 14.0 Å². The third-order valence-corrected chi connectivity index (χ3v) is 3.81. The van der Waals surface area contributed by atoms with Crippen LogP contribution in [0, 0.1) is 12.8 Å². The first-order chi connectivity index (χ1) is 11.9. The molecule has 7 heteroatoms. The van der Waals surface area contributed by atoms with Crippen LogP contribution < -0.4 is 10.7 Å². The quantitative estimate of drug-likeness (QED) is 0.612. The topological polar surface area (TPSA) is 83.7 Å². The van der Waals surface area contributed by atoms with Gasteiger partial charge in [-0.05, 0) is 37.1 Å². The normalized spacial score (nSPS) is 12.4. The molecule has 0 fully saturated rings. The van der Waals surface area contributed by atoms with E-state index in [-0.39, 0.29) is 5.92 Å². The van der Waals surface area contributed by atoms with Crippen LogP contribution in [0.1, 0.15) is 35.7 Å². The molecule has 1 aromatic heterocycles. The highest BCUT2D eigenvalue weighted by Crippen LogP contribution is 2.15. The molecule has 6 nitrogen and oxygen atoms in total. The average molecular weight is 362 g/mol. The number of aryl methyl sites for hydroxylation is 1. The van der Waals surface area contributed by atoms with E-state index in [0.29, 0.717) is 16.3 Å². The number of carbonyl (C=O) groups excluding carboxylic acids is 2. The van der Waals surface area contributed by atoms with Gasteiger partial charge < -0.3 is 9.73 Å². The zero-order chi connectivity index (χ0) is 18.4. The molecule has 0 saturated carbocycles. The SMILES string of the molecule is Cc1ccc(C=NNC(=O)C(NC(=O)c2ccccc2Cl)C(C)C)o1. The van der Waals surface area contributed by atoms with Crippen molar-refractivity contribution in [1.82, 2.24) is 10.7 Å². The minimum atomic E-state index is -0.751. The maximum absolute atomic E-state index is 12.4. The van der Waals surface area contributed by atoms with Crippen molar-refractivity contribution in [2.45, 2.75) is 26.8 Å². The summed E-state index contributed by atoms with van der Waals surface area (Å²) >= 11 is 6.02. The van der Waals surface area contributed by atoms with E-state index in [1.54, 1.807) is 36.4 Å². The summed E-state index contributed by atoms with van der Waals surface area (Å²) in [5.41, 5.74) is 2.73. The van der Waals surface area contributed by atoms with Gasteiger partial charge in [0.05, 0.1) is 16.8 Å². The molecule has 1 heterocycles. The Morgan fingerprint density at radius 1 is 1.20 bits per heavy atom. The number of nitrogens with zero attached hydrogens (tertiary/aromatic N) is 1. The molecule has 132 valence electrons. The third-order valence-electron chi connectivity index (χ3n) is 3.48. The van der Waals surface area contributed by atoms with E-state index in [0.717, 1.165) is 5.76 Å². The first-order valence-corrected chi connectivity index (χ1v) is 8.21. The minimum absolute atomic E-state index is 0.132. The van der Waals surface area contributed by atoms with Crippen LogP contribution in [0.15, 0.2) is 45.9 Å². The number of nitrogens with one attached hydrogen (secondary N) is 2. The molecule has 0 aliphatic rings. The van der Waals surface area contributed by atoms with Crippen molar-refractivity contribution in [3.05, 3.63) is 58.5 Å². The number of hydrazone groups is 1. The van der Waals surface area contributed by atoms with E-state index in [2.05, 4.69) is 15.8 Å². The molecule has 2 rings (SSSR count). The molecule has 0 spiro atoms. The smallest absolute Gasteiger partial charge is 0.262 e. The van der Waals surface area contributed by atoms with Gasteiger partial charge in [-0.3, -0.25) is 9.59 Å². The molecule has 2 N–H and O–H groups in total. The summed E-state index contributed by atoms with van der Waals surface area (Å²) in [4.78, 5) is 24.7. The number of benzene rings is 1. The fourth-order valence-corrected chi connectivity index (χ4v) is 2.37. The highest BCUT2D eigenvalue weighted by molar-refractivity contribution is 6.33. The highest BCUT2D eigenvalue weighted by Gasteiger charge is 2.25. The van der Waals surface area contributed by atoms with Crippen LogP contribution in [-0.4, -0.2) is 24.1 Å². The molecular weight excluding hydrogens is 342 g/mol. The van der Waals surface area contributed by atoms with Crippen molar-refractivity contribution >= 4 is 29.6 Å². The van der Waals surface area contributed by atoms with E-state index in [1.165, 1.54) is 6.21 Å². The monoisotopic (exact) mass is 361 g/mol. The first kappa shape index (κ1) is 18.7. The van der Waals surface area contributed by atoms with Gasteiger partial charge >= 0.3 is 0 Å². The lowest BCUT2D eigenvalue weighted by Crippen LogP contribution is -2.48. The van der Waals surface area contributed by atoms with Crippen LogP contribution in [0.5, 0.6) is 0 Å². The van der Waals surface area contributed by atoms with Gasteiger partial charge in [0.2, 0.25) is 0 Å². The van der Waals surface area contributed by atoms with Crippen LogP contribution >= 0.6 is 11.6 Å². The highest BCUT2D eigenvalue weighted by atomic mass is 35.5. The van der Waals surface area contributed by atoms with Gasteiger partial charge in [-0.15, -0.1) is 0 Å². The lowest BCUT2D eigenvalue weighted by Gasteiger charge is -2.20. The second-order valence-corrected chi connectivity index (χ2v) is 6.26. The first-order valence-electron chi connectivity index (χ1n) is 7.83. The number of rotatable bonds is 6. The van der Waals surface area contributed by atoms with Crippen molar-refractivity contribution in [3.8, 4) is 0 Å². The predicted molar refractivity (Wildman–Crippen MR) is 96.7 cm³/mol. The Balaban J connectivity index is 2.02. The Hall–Kier alpha value is -2.60. The van der Waals surface area contributed by atoms with Crippen molar-refractivity contribution in [1.29, 1.82) is 0 Å². The number of carbonyl (C=O) groups is 2. The molecule has 2 amide bonds. The van der Waals surface area contributed by atoms with Crippen LogP contribution in [0.3, 0.4) is 0 Å². The molecule has 1 unspecified atom stereocenters. The summed E-state index contributed by atoms with van der Waals surface area (Å²) in [5.74, 6) is 0.311. The summed E-state index contributed by atoms with van der Waals surface area (Å²) in [6.07, 6.45) is 1.40. The second kappa shape index (κ2) is 8.48.